The minimum atomic E-state index is 0.164. The molecule has 1 fully saturated rings. The van der Waals surface area contributed by atoms with Crippen molar-refractivity contribution < 1.29 is 4.74 Å². The van der Waals surface area contributed by atoms with E-state index >= 15 is 0 Å². The molecule has 0 bridgehead atoms. The van der Waals surface area contributed by atoms with E-state index in [1.165, 1.54) is 0 Å². The van der Waals surface area contributed by atoms with Crippen LogP contribution in [0.15, 0.2) is 0 Å². The van der Waals surface area contributed by atoms with Crippen LogP contribution in [0.4, 0.5) is 0 Å². The van der Waals surface area contributed by atoms with Crippen LogP contribution in [-0.2, 0) is 4.74 Å². The van der Waals surface area contributed by atoms with E-state index in [9.17, 15) is 0 Å². The number of rotatable bonds is 2. The van der Waals surface area contributed by atoms with Gasteiger partial charge in [-0.1, -0.05) is 22.2 Å². The highest BCUT2D eigenvalue weighted by atomic mass is 32.6. The highest BCUT2D eigenvalue weighted by Crippen LogP contribution is 2.70. The Bertz CT molecular complexity index is 110. The summed E-state index contributed by atoms with van der Waals surface area (Å²) in [5, 5.41) is 0. The van der Waals surface area contributed by atoms with E-state index in [1.54, 1.807) is 0 Å². The molecule has 0 spiro atoms. The molecule has 0 aromatic rings. The van der Waals surface area contributed by atoms with E-state index in [2.05, 4.69) is 24.8 Å². The van der Waals surface area contributed by atoms with Crippen LogP contribution in [-0.4, -0.2) is 18.9 Å². The third-order valence-corrected chi connectivity index (χ3v) is 13.2. The molecule has 1 saturated heterocycles. The Morgan fingerprint density at radius 3 is 2.70 bits per heavy atom. The first-order valence-corrected chi connectivity index (χ1v) is 10.0. The average Bonchev–Trinajstić information content (AvgIpc) is 2.34. The molecule has 1 rings (SSSR count). The van der Waals surface area contributed by atoms with Crippen LogP contribution in [0, 0.1) is 5.92 Å². The zero-order valence-corrected chi connectivity index (χ0v) is 10.3. The average molecular weight is 214 g/mol. The molecule has 0 radical (unpaired) electrons. The molecule has 1 heterocycles. The number of ether oxygens (including phenoxy) is 1. The van der Waals surface area contributed by atoms with Crippen LogP contribution in [0.3, 0.4) is 0 Å². The van der Waals surface area contributed by atoms with Crippen molar-refractivity contribution in [3.05, 3.63) is 0 Å². The van der Waals surface area contributed by atoms with Crippen LogP contribution in [0.25, 0.3) is 0 Å². The fraction of sp³-hybridized carbons (Fsp3) is 1.00. The van der Waals surface area contributed by atoms with E-state index < -0.39 is 0 Å². The Labute approximate surface area is 70.1 Å². The summed E-state index contributed by atoms with van der Waals surface area (Å²) in [7, 11) is 7.00. The van der Waals surface area contributed by atoms with Crippen molar-refractivity contribution in [3.8, 4) is 0 Å². The molecule has 10 heavy (non-hydrogen) atoms. The van der Waals surface area contributed by atoms with E-state index in [0.29, 0.717) is 0 Å². The van der Waals surface area contributed by atoms with Gasteiger partial charge < -0.3 is 4.74 Å². The predicted molar refractivity (Wildman–Crippen MR) is 58.4 cm³/mol. The Morgan fingerprint density at radius 2 is 2.30 bits per heavy atom. The Kier molecular flexibility index (Phi) is 4.53. The highest BCUT2D eigenvalue weighted by Gasteiger charge is 2.28. The van der Waals surface area contributed by atoms with Gasteiger partial charge in [-0.25, -0.2) is 0 Å². The van der Waals surface area contributed by atoms with Gasteiger partial charge in [-0.3, -0.25) is 0 Å². The van der Waals surface area contributed by atoms with Crippen LogP contribution < -0.4 is 0 Å². The molecule has 0 saturated carbocycles. The van der Waals surface area contributed by atoms with Gasteiger partial charge in [0.15, 0.2) is 0 Å². The maximum absolute atomic E-state index is 5.39. The predicted octanol–water partition coefficient (Wildman–Crippen LogP) is 2.68. The van der Waals surface area contributed by atoms with E-state index in [1.807, 2.05) is 0 Å². The van der Waals surface area contributed by atoms with E-state index in [0.717, 1.165) is 32.7 Å². The van der Waals surface area contributed by atoms with Gasteiger partial charge in [-0.2, -0.15) is 0 Å². The van der Waals surface area contributed by atoms with Crippen molar-refractivity contribution in [1.29, 1.82) is 0 Å². The minimum absolute atomic E-state index is 0.164. The molecule has 0 aliphatic carbocycles. The standard InChI is InChI=1S/C5H14OP4/c1-4-2-6-3-5(4)10(8)9-7/h4-5,9H,2-3,7-8H2,1H3. The Hall–Kier alpha value is 1.68. The zero-order valence-electron chi connectivity index (χ0n) is 6.08. The lowest BCUT2D eigenvalue weighted by molar-refractivity contribution is 0.189. The third-order valence-electron chi connectivity index (χ3n) is 1.83. The second kappa shape index (κ2) is 4.64. The van der Waals surface area contributed by atoms with Crippen molar-refractivity contribution in [2.45, 2.75) is 12.6 Å². The summed E-state index contributed by atoms with van der Waals surface area (Å²) in [4.78, 5) is 0. The first-order chi connectivity index (χ1) is 4.75. The Morgan fingerprint density at radius 1 is 1.60 bits per heavy atom. The first kappa shape index (κ1) is 9.77. The molecule has 6 atom stereocenters. The van der Waals surface area contributed by atoms with Crippen LogP contribution >= 0.6 is 33.1 Å². The topological polar surface area (TPSA) is 9.23 Å². The van der Waals surface area contributed by atoms with Gasteiger partial charge in [0, 0.05) is 12.3 Å². The van der Waals surface area contributed by atoms with Crippen molar-refractivity contribution in [3.63, 3.8) is 0 Å². The zero-order chi connectivity index (χ0) is 7.56. The van der Waals surface area contributed by atoms with Crippen molar-refractivity contribution >= 4 is 33.1 Å². The first-order valence-electron chi connectivity index (χ1n) is 3.33. The molecular weight excluding hydrogens is 200 g/mol. The van der Waals surface area contributed by atoms with Gasteiger partial charge >= 0.3 is 0 Å². The summed E-state index contributed by atoms with van der Waals surface area (Å²) in [5.74, 6) is 0.789. The molecule has 0 aromatic heterocycles. The molecule has 0 N–H and O–H groups in total. The van der Waals surface area contributed by atoms with Gasteiger partial charge in [-0.15, -0.1) is 17.9 Å². The second-order valence-corrected chi connectivity index (χ2v) is 12.2. The van der Waals surface area contributed by atoms with Gasteiger partial charge in [0.05, 0.1) is 6.61 Å². The van der Waals surface area contributed by atoms with Crippen LogP contribution in [0.2, 0.25) is 0 Å². The molecule has 1 aliphatic heterocycles. The second-order valence-electron chi connectivity index (χ2n) is 2.62. The van der Waals surface area contributed by atoms with Crippen molar-refractivity contribution in [2.24, 2.45) is 5.92 Å². The normalized spacial score (nSPS) is 37.5. The van der Waals surface area contributed by atoms with E-state index in [4.69, 9.17) is 4.74 Å². The van der Waals surface area contributed by atoms with Crippen LogP contribution in [0.5, 0.6) is 0 Å². The van der Waals surface area contributed by atoms with Gasteiger partial charge in [-0.05, 0) is 5.92 Å². The molecule has 5 heteroatoms. The minimum Gasteiger partial charge on any atom is -0.380 e. The SMILES string of the molecule is CC1COCC1P(P)PP. The lowest BCUT2D eigenvalue weighted by atomic mass is 10.2. The van der Waals surface area contributed by atoms with Crippen LogP contribution in [0.1, 0.15) is 6.92 Å². The quantitative estimate of drug-likeness (QED) is 0.642. The monoisotopic (exact) mass is 214 g/mol. The fourth-order valence-electron chi connectivity index (χ4n) is 1.10. The lowest BCUT2D eigenvalue weighted by Gasteiger charge is -2.19. The molecule has 1 nitrogen and oxygen atoms in total. The summed E-state index contributed by atoms with van der Waals surface area (Å²) < 4.78 is 5.39. The molecule has 0 aromatic carbocycles. The largest absolute Gasteiger partial charge is 0.380 e. The van der Waals surface area contributed by atoms with E-state index in [-0.39, 0.29) is 7.30 Å². The number of hydrogen-bond acceptors (Lipinski definition) is 1. The Balaban J connectivity index is 2.38. The molecule has 0 amide bonds. The van der Waals surface area contributed by atoms with Gasteiger partial charge in [0.2, 0.25) is 0 Å². The summed E-state index contributed by atoms with van der Waals surface area (Å²) >= 11 is 0. The molecular formula is C5H14OP4. The van der Waals surface area contributed by atoms with Gasteiger partial charge in [0.25, 0.3) is 0 Å². The van der Waals surface area contributed by atoms with Crippen molar-refractivity contribution in [1.82, 2.24) is 0 Å². The maximum Gasteiger partial charge on any atom is 0.0543 e. The summed E-state index contributed by atoms with van der Waals surface area (Å²) in [6.07, 6.45) is 0. The van der Waals surface area contributed by atoms with Crippen molar-refractivity contribution in [2.75, 3.05) is 13.2 Å². The molecule has 6 unspecified atom stereocenters. The smallest absolute Gasteiger partial charge is 0.0543 e. The fourth-order valence-corrected chi connectivity index (χ4v) is 6.62. The lowest BCUT2D eigenvalue weighted by Crippen LogP contribution is -2.09. The molecule has 1 aliphatic rings. The summed E-state index contributed by atoms with van der Waals surface area (Å²) in [6.45, 7) is 4.27. The highest BCUT2D eigenvalue weighted by molar-refractivity contribution is 8.61. The maximum atomic E-state index is 5.39. The third kappa shape index (κ3) is 2.33. The summed E-state index contributed by atoms with van der Waals surface area (Å²) in [5.41, 5.74) is 0.843. The van der Waals surface area contributed by atoms with Gasteiger partial charge in [0.1, 0.15) is 0 Å². The summed E-state index contributed by atoms with van der Waals surface area (Å²) in [6, 6.07) is 0. The number of hydrogen-bond donors (Lipinski definition) is 0. The molecule has 60 valence electrons.